The van der Waals surface area contributed by atoms with Crippen LogP contribution in [0.25, 0.3) is 21.7 Å². The molecule has 5 nitrogen and oxygen atoms in total. The molecule has 0 fully saturated rings. The van der Waals surface area contributed by atoms with Crippen LogP contribution in [-0.4, -0.2) is 5.90 Å². The Morgan fingerprint density at radius 2 is 1.64 bits per heavy atom. The van der Waals surface area contributed by atoms with Gasteiger partial charge in [-0.05, 0) is 28.5 Å². The fourth-order valence-electron chi connectivity index (χ4n) is 4.00. The lowest BCUT2D eigenvalue weighted by Crippen LogP contribution is -2.34. The molecule has 28 heavy (non-hydrogen) atoms. The molecule has 2 unspecified atom stereocenters. The topological polar surface area (TPSA) is 87.1 Å². The lowest BCUT2D eigenvalue weighted by atomic mass is 9.78. The minimum absolute atomic E-state index is 0.163. The highest BCUT2D eigenvalue weighted by Crippen LogP contribution is 2.45. The Bertz CT molecular complexity index is 1360. The van der Waals surface area contributed by atoms with Gasteiger partial charge >= 0.3 is 5.63 Å². The van der Waals surface area contributed by atoms with Gasteiger partial charge < -0.3 is 9.15 Å². The first kappa shape index (κ1) is 16.3. The minimum Gasteiger partial charge on any atom is -0.441 e. The van der Waals surface area contributed by atoms with Crippen LogP contribution in [-0.2, 0) is 0 Å². The van der Waals surface area contributed by atoms with Crippen LogP contribution in [0.4, 0.5) is 0 Å². The molecule has 0 radical (unpaired) electrons. The molecule has 5 heteroatoms. The highest BCUT2D eigenvalue weighted by atomic mass is 16.5. The van der Waals surface area contributed by atoms with Crippen LogP contribution in [0.1, 0.15) is 17.0 Å². The van der Waals surface area contributed by atoms with Gasteiger partial charge in [-0.15, -0.1) is 0 Å². The zero-order chi connectivity index (χ0) is 19.3. The van der Waals surface area contributed by atoms with Gasteiger partial charge in [0, 0.05) is 5.92 Å². The number of ether oxygens (including phenoxy) is 1. The molecule has 1 N–H and O–H groups in total. The summed E-state index contributed by atoms with van der Waals surface area (Å²) in [5.74, 6) is -1.42. The Morgan fingerprint density at radius 1 is 0.929 bits per heavy atom. The lowest BCUT2D eigenvalue weighted by Gasteiger charge is -2.30. The second-order valence-electron chi connectivity index (χ2n) is 6.75. The molecule has 0 saturated carbocycles. The number of hydrogen-bond acceptors (Lipinski definition) is 5. The van der Waals surface area contributed by atoms with Gasteiger partial charge in [0.2, 0.25) is 5.90 Å². The Labute approximate surface area is 159 Å². The molecule has 1 aliphatic rings. The van der Waals surface area contributed by atoms with Crippen LogP contribution in [0.3, 0.4) is 0 Å². The third-order valence-electron chi connectivity index (χ3n) is 5.24. The van der Waals surface area contributed by atoms with Crippen LogP contribution in [0.15, 0.2) is 75.9 Å². The fraction of sp³-hybridized carbons (Fsp3) is 0.0870. The Balaban J connectivity index is 1.90. The highest BCUT2D eigenvalue weighted by Gasteiger charge is 2.41. The van der Waals surface area contributed by atoms with E-state index in [2.05, 4.69) is 6.07 Å². The quantitative estimate of drug-likeness (QED) is 0.499. The van der Waals surface area contributed by atoms with Gasteiger partial charge in [-0.25, -0.2) is 4.79 Å². The van der Waals surface area contributed by atoms with E-state index in [1.807, 2.05) is 48.5 Å². The van der Waals surface area contributed by atoms with E-state index < -0.39 is 17.5 Å². The van der Waals surface area contributed by atoms with E-state index in [4.69, 9.17) is 14.6 Å². The largest absolute Gasteiger partial charge is 0.441 e. The predicted octanol–water partition coefficient (Wildman–Crippen LogP) is 4.59. The second kappa shape index (κ2) is 6.07. The molecule has 0 saturated heterocycles. The Hall–Kier alpha value is -3.91. The second-order valence-corrected chi connectivity index (χ2v) is 6.75. The van der Waals surface area contributed by atoms with E-state index in [0.29, 0.717) is 16.7 Å². The highest BCUT2D eigenvalue weighted by molar-refractivity contribution is 5.95. The number of nitrogens with one attached hydrogen (secondary N) is 1. The summed E-state index contributed by atoms with van der Waals surface area (Å²) in [7, 11) is 0. The molecule has 0 amide bonds. The molecule has 0 bridgehead atoms. The number of para-hydroxylation sites is 1. The van der Waals surface area contributed by atoms with E-state index in [9.17, 15) is 10.1 Å². The molecule has 0 spiro atoms. The monoisotopic (exact) mass is 366 g/mol. The van der Waals surface area contributed by atoms with Crippen molar-refractivity contribution in [2.75, 3.05) is 0 Å². The zero-order valence-electron chi connectivity index (χ0n) is 14.7. The maximum Gasteiger partial charge on any atom is 0.343 e. The maximum absolute atomic E-state index is 12.9. The van der Waals surface area contributed by atoms with Crippen molar-refractivity contribution in [3.05, 3.63) is 88.3 Å². The van der Waals surface area contributed by atoms with Crippen molar-refractivity contribution in [1.82, 2.24) is 0 Å². The van der Waals surface area contributed by atoms with E-state index in [0.717, 1.165) is 16.3 Å². The summed E-state index contributed by atoms with van der Waals surface area (Å²) in [5.41, 5.74) is 0.949. The minimum atomic E-state index is -0.914. The van der Waals surface area contributed by atoms with Crippen LogP contribution in [0.5, 0.6) is 5.75 Å². The smallest absolute Gasteiger partial charge is 0.343 e. The van der Waals surface area contributed by atoms with Crippen LogP contribution in [0.2, 0.25) is 0 Å². The normalized spacial score (nSPS) is 18.5. The van der Waals surface area contributed by atoms with Crippen molar-refractivity contribution in [3.63, 3.8) is 0 Å². The number of nitrogens with zero attached hydrogens (tertiary/aromatic N) is 1. The number of benzene rings is 3. The molecular weight excluding hydrogens is 352 g/mol. The molecule has 5 rings (SSSR count). The third kappa shape index (κ3) is 2.25. The lowest BCUT2D eigenvalue weighted by molar-refractivity contribution is 0.432. The van der Waals surface area contributed by atoms with E-state index in [1.54, 1.807) is 18.2 Å². The van der Waals surface area contributed by atoms with Crippen molar-refractivity contribution in [2.45, 2.75) is 5.92 Å². The van der Waals surface area contributed by atoms with Crippen molar-refractivity contribution in [2.24, 2.45) is 5.92 Å². The molecule has 1 aliphatic heterocycles. The summed E-state index contributed by atoms with van der Waals surface area (Å²) < 4.78 is 11.2. The first-order valence-electron chi connectivity index (χ1n) is 8.88. The average molecular weight is 366 g/mol. The summed E-state index contributed by atoms with van der Waals surface area (Å²) in [4.78, 5) is 12.9. The predicted molar refractivity (Wildman–Crippen MR) is 106 cm³/mol. The van der Waals surface area contributed by atoms with Gasteiger partial charge in [-0.1, -0.05) is 54.6 Å². The molecule has 0 aliphatic carbocycles. The standard InChI is InChI=1S/C23H14N2O3/c24-12-17-19(15-10-5-7-13-6-1-2-8-14(13)15)20-21(28-22(17)25)16-9-3-4-11-18(16)27-23(20)26/h1-11,17,19,25H. The molecular formula is C23H14N2O3. The van der Waals surface area contributed by atoms with Crippen molar-refractivity contribution >= 4 is 27.6 Å². The number of nitriles is 1. The van der Waals surface area contributed by atoms with Gasteiger partial charge in [0.1, 0.15) is 11.5 Å². The summed E-state index contributed by atoms with van der Waals surface area (Å²) in [5, 5.41) is 20.7. The molecule has 4 aromatic rings. The van der Waals surface area contributed by atoms with Crippen LogP contribution in [0, 0.1) is 22.7 Å². The fourth-order valence-corrected chi connectivity index (χ4v) is 4.00. The summed E-state index contributed by atoms with van der Waals surface area (Å²) in [6.07, 6.45) is 0. The Kier molecular flexibility index (Phi) is 3.53. The van der Waals surface area contributed by atoms with Crippen molar-refractivity contribution < 1.29 is 9.15 Å². The third-order valence-corrected chi connectivity index (χ3v) is 5.24. The summed E-state index contributed by atoms with van der Waals surface area (Å²) >= 11 is 0. The molecule has 2 heterocycles. The zero-order valence-corrected chi connectivity index (χ0v) is 14.7. The first-order chi connectivity index (χ1) is 13.7. The molecule has 1 aromatic heterocycles. The van der Waals surface area contributed by atoms with Gasteiger partial charge in [0.05, 0.1) is 17.0 Å². The SMILES string of the molecule is N#CC1C(=N)Oc2c(c(=O)oc3ccccc23)C1c1cccc2ccccc12. The molecule has 2 atom stereocenters. The van der Waals surface area contributed by atoms with Crippen molar-refractivity contribution in [3.8, 4) is 11.8 Å². The molecule has 3 aromatic carbocycles. The van der Waals surface area contributed by atoms with E-state index >= 15 is 0 Å². The van der Waals surface area contributed by atoms with Crippen LogP contribution >= 0.6 is 0 Å². The number of hydrogen-bond donors (Lipinski definition) is 1. The van der Waals surface area contributed by atoms with Gasteiger partial charge in [0.15, 0.2) is 5.75 Å². The van der Waals surface area contributed by atoms with E-state index in [1.165, 1.54) is 0 Å². The van der Waals surface area contributed by atoms with Gasteiger partial charge in [-0.2, -0.15) is 5.26 Å². The van der Waals surface area contributed by atoms with E-state index in [-0.39, 0.29) is 11.5 Å². The van der Waals surface area contributed by atoms with Gasteiger partial charge in [-0.3, -0.25) is 5.41 Å². The number of rotatable bonds is 1. The van der Waals surface area contributed by atoms with Crippen molar-refractivity contribution in [1.29, 1.82) is 10.7 Å². The van der Waals surface area contributed by atoms with Crippen LogP contribution < -0.4 is 10.4 Å². The number of fused-ring (bicyclic) bond motifs is 4. The van der Waals surface area contributed by atoms with Gasteiger partial charge in [0.25, 0.3) is 0 Å². The maximum atomic E-state index is 12.9. The molecule has 134 valence electrons. The average Bonchev–Trinajstić information content (AvgIpc) is 2.72. The Morgan fingerprint density at radius 3 is 2.46 bits per heavy atom. The summed E-state index contributed by atoms with van der Waals surface area (Å²) in [6, 6.07) is 22.8. The summed E-state index contributed by atoms with van der Waals surface area (Å²) in [6.45, 7) is 0. The first-order valence-corrected chi connectivity index (χ1v) is 8.88.